The third-order valence-corrected chi connectivity index (χ3v) is 16.0. The lowest BCUT2D eigenvalue weighted by Crippen LogP contribution is -2.68. The molecule has 2 saturated heterocycles. The summed E-state index contributed by atoms with van der Waals surface area (Å²) in [6.07, 6.45) is -15.0. The van der Waals surface area contributed by atoms with Crippen molar-refractivity contribution in [1.29, 1.82) is 0 Å². The number of carboxylic acid groups (broad SMARTS) is 2. The molecule has 3 aromatic rings. The van der Waals surface area contributed by atoms with Crippen LogP contribution in [0.3, 0.4) is 0 Å². The number of hydrogen-bond donors (Lipinski definition) is 16. The number of anilines is 2. The van der Waals surface area contributed by atoms with Gasteiger partial charge in [-0.2, -0.15) is 23.5 Å². The molecule has 90 heavy (non-hydrogen) atoms. The minimum Gasteiger partial charge on any atom is -0.477 e. The quantitative estimate of drug-likeness (QED) is 0.0303. The van der Waals surface area contributed by atoms with Crippen LogP contribution in [0.25, 0.3) is 0 Å². The van der Waals surface area contributed by atoms with Crippen LogP contribution in [0.1, 0.15) is 94.8 Å². The maximum atomic E-state index is 12.9. The first-order chi connectivity index (χ1) is 42.6. The monoisotopic (exact) mass is 1300 g/mol. The first-order valence-electron chi connectivity index (χ1n) is 28.5. The summed E-state index contributed by atoms with van der Waals surface area (Å²) in [5.74, 6) is -10.7. The standard InChI is InChI=1S/C58H78N8O22S2/c1-31(67)63-39-15-11-37(12-16-39)53(79)61-29-43(73)47(75)49-45(65-33(3)69)41(71)27-57(87-49,55(81)82)85-21-5-23-89-25-19-59-51(77)35-7-9-36(10-8-35)52(78)60-20-26-90-24-6-22-86-58(56(83)84)28-42(72)46(66-34(4)70)50(88-58)48(76)44(74)30-62-54(80)38-13-17-40(18-14-38)64-32(2)68/h7-18,41-50,71-76H,5-6,19-30H2,1-4H3,(H,59,77)(H,60,78)(H,61,79)(H,62,80)(H,63,67)(H,64,68)(H,65,69)(H,66,70)(H,81,82)(H,83,84)/t41-,42-,43+,44+,45+,46+,47?,48?,49+,50+,57+,58+/m0/s1. The van der Waals surface area contributed by atoms with Gasteiger partial charge >= 0.3 is 11.9 Å². The minimum atomic E-state index is -2.51. The SMILES string of the molecule is CC(=O)Nc1ccc(C(=O)NC[C@@H](O)C(O)[C@@H]2O[C@@](OCCCSCCNC(=O)c3ccc(C(=O)NCCSCCCO[C@]4(C(=O)O)C[C@H](O)[C@@H](NC(C)=O)[C@H](C(O)[C@H](O)CNC(=O)c5ccc(NC(C)=O)cc5)O4)cc3)(C(=O)O)C[C@H](O)[C@H]2NC(C)=O)cc1. The van der Waals surface area contributed by atoms with Gasteiger partial charge in [0, 0.05) is 112 Å². The Morgan fingerprint density at radius 3 is 1.10 bits per heavy atom. The van der Waals surface area contributed by atoms with Crippen LogP contribution in [-0.2, 0) is 47.7 Å². The highest BCUT2D eigenvalue weighted by molar-refractivity contribution is 7.99. The van der Waals surface area contributed by atoms with Gasteiger partial charge < -0.3 is 102 Å². The predicted octanol–water partition coefficient (Wildman–Crippen LogP) is -1.48. The molecule has 0 aromatic heterocycles. The number of rotatable bonds is 34. The van der Waals surface area contributed by atoms with Crippen molar-refractivity contribution >= 4 is 94.1 Å². The van der Waals surface area contributed by atoms with E-state index in [9.17, 15) is 88.8 Å². The molecule has 5 rings (SSSR count). The Hall–Kier alpha value is -7.34. The molecule has 32 heteroatoms. The van der Waals surface area contributed by atoms with Gasteiger partial charge in [0.25, 0.3) is 35.2 Å². The zero-order valence-electron chi connectivity index (χ0n) is 49.7. The molecule has 8 amide bonds. The Balaban J connectivity index is 0.985. The van der Waals surface area contributed by atoms with Crippen molar-refractivity contribution in [1.82, 2.24) is 31.9 Å². The number of ether oxygens (including phenoxy) is 4. The van der Waals surface area contributed by atoms with E-state index in [1.54, 1.807) is 0 Å². The van der Waals surface area contributed by atoms with E-state index in [4.69, 9.17) is 18.9 Å². The molecule has 12 atom stereocenters. The zero-order valence-corrected chi connectivity index (χ0v) is 51.3. The molecular weight excluding hydrogens is 1220 g/mol. The topological polar surface area (TPSA) is 466 Å². The first kappa shape index (κ1) is 73.4. The fourth-order valence-electron chi connectivity index (χ4n) is 9.45. The number of nitrogens with one attached hydrogen (secondary N) is 8. The van der Waals surface area contributed by atoms with Gasteiger partial charge in [-0.3, -0.25) is 38.4 Å². The number of carboxylic acids is 2. The zero-order chi connectivity index (χ0) is 66.3. The Kier molecular flexibility index (Phi) is 28.8. The highest BCUT2D eigenvalue weighted by Crippen LogP contribution is 2.36. The van der Waals surface area contributed by atoms with Gasteiger partial charge in [0.2, 0.25) is 23.6 Å². The van der Waals surface area contributed by atoms with Crippen LogP contribution in [-0.4, -0.2) is 235 Å². The summed E-state index contributed by atoms with van der Waals surface area (Å²) >= 11 is 2.81. The van der Waals surface area contributed by atoms with Crippen molar-refractivity contribution in [2.75, 3.05) is 73.0 Å². The van der Waals surface area contributed by atoms with Crippen molar-refractivity contribution < 1.29 is 108 Å². The van der Waals surface area contributed by atoms with Gasteiger partial charge in [0.05, 0.1) is 49.7 Å². The minimum absolute atomic E-state index is 0.153. The van der Waals surface area contributed by atoms with E-state index in [2.05, 4.69) is 42.5 Å². The van der Waals surface area contributed by atoms with Crippen LogP contribution < -0.4 is 42.5 Å². The normalized spacial score (nSPS) is 22.6. The van der Waals surface area contributed by atoms with Gasteiger partial charge in [0.1, 0.15) is 24.4 Å². The van der Waals surface area contributed by atoms with Crippen molar-refractivity contribution in [3.05, 3.63) is 95.1 Å². The number of amides is 8. The van der Waals surface area contributed by atoms with E-state index in [1.807, 2.05) is 0 Å². The Bertz CT molecular complexity index is 2760. The number of aliphatic hydroxyl groups excluding tert-OH is 6. The van der Waals surface area contributed by atoms with Gasteiger partial charge in [-0.15, -0.1) is 0 Å². The number of carbonyl (C=O) groups excluding carboxylic acids is 8. The fraction of sp³-hybridized carbons (Fsp3) is 0.517. The molecule has 30 nitrogen and oxygen atoms in total. The van der Waals surface area contributed by atoms with Gasteiger partial charge in [-0.05, 0) is 97.1 Å². The van der Waals surface area contributed by atoms with Crippen molar-refractivity contribution in [2.24, 2.45) is 0 Å². The molecule has 0 aliphatic carbocycles. The molecule has 494 valence electrons. The summed E-state index contributed by atoms with van der Waals surface area (Å²) in [6.45, 7) is 3.84. The number of benzene rings is 3. The van der Waals surface area contributed by atoms with Crippen molar-refractivity contribution in [3.63, 3.8) is 0 Å². The molecule has 2 aliphatic rings. The third kappa shape index (κ3) is 22.0. The van der Waals surface area contributed by atoms with Crippen LogP contribution in [0, 0.1) is 0 Å². The largest absolute Gasteiger partial charge is 0.477 e. The summed E-state index contributed by atoms with van der Waals surface area (Å²) in [5, 5.41) is 107. The highest BCUT2D eigenvalue weighted by atomic mass is 32.2. The molecule has 2 heterocycles. The lowest BCUT2D eigenvalue weighted by atomic mass is 9.88. The van der Waals surface area contributed by atoms with Crippen LogP contribution in [0.15, 0.2) is 72.8 Å². The van der Waals surface area contributed by atoms with Gasteiger partial charge in [-0.25, -0.2) is 9.59 Å². The molecule has 0 spiro atoms. The average molecular weight is 1300 g/mol. The number of hydrogen-bond acceptors (Lipinski definition) is 22. The molecule has 0 bridgehead atoms. The lowest BCUT2D eigenvalue weighted by Gasteiger charge is -2.46. The van der Waals surface area contributed by atoms with Gasteiger partial charge in [-0.1, -0.05) is 0 Å². The maximum Gasteiger partial charge on any atom is 0.364 e. The van der Waals surface area contributed by atoms with E-state index in [1.165, 1.54) is 110 Å². The predicted molar refractivity (Wildman–Crippen MR) is 324 cm³/mol. The van der Waals surface area contributed by atoms with Crippen molar-refractivity contribution in [2.45, 2.75) is 126 Å². The number of aliphatic carboxylic acids is 2. The van der Waals surface area contributed by atoms with E-state index >= 15 is 0 Å². The van der Waals surface area contributed by atoms with Crippen LogP contribution in [0.4, 0.5) is 11.4 Å². The Morgan fingerprint density at radius 1 is 0.489 bits per heavy atom. The van der Waals surface area contributed by atoms with E-state index in [-0.39, 0.29) is 73.2 Å². The molecule has 2 fully saturated rings. The van der Waals surface area contributed by atoms with Gasteiger partial charge in [0.15, 0.2) is 0 Å². The second-order valence-corrected chi connectivity index (χ2v) is 23.5. The average Bonchev–Trinajstić information content (AvgIpc) is 1.03. The number of carbonyl (C=O) groups is 10. The van der Waals surface area contributed by atoms with Crippen LogP contribution in [0.5, 0.6) is 0 Å². The van der Waals surface area contributed by atoms with Crippen LogP contribution in [0.2, 0.25) is 0 Å². The number of thioether (sulfide) groups is 2. The Labute approximate surface area is 525 Å². The third-order valence-electron chi connectivity index (χ3n) is 13.9. The molecule has 0 radical (unpaired) electrons. The van der Waals surface area contributed by atoms with E-state index in [0.717, 1.165) is 13.8 Å². The van der Waals surface area contributed by atoms with Crippen molar-refractivity contribution in [3.8, 4) is 0 Å². The lowest BCUT2D eigenvalue weighted by molar-refractivity contribution is -0.310. The second-order valence-electron chi connectivity index (χ2n) is 21.0. The van der Waals surface area contributed by atoms with Crippen LogP contribution >= 0.6 is 23.5 Å². The molecule has 2 aliphatic heterocycles. The summed E-state index contributed by atoms with van der Waals surface area (Å²) in [6, 6.07) is 14.7. The number of aliphatic hydroxyl groups is 6. The summed E-state index contributed by atoms with van der Waals surface area (Å²) in [5.41, 5.74) is 1.74. The summed E-state index contributed by atoms with van der Waals surface area (Å²) in [7, 11) is 0. The molecule has 0 saturated carbocycles. The molecular formula is C58H78N8O22S2. The summed E-state index contributed by atoms with van der Waals surface area (Å²) < 4.78 is 23.0. The maximum absolute atomic E-state index is 12.9. The smallest absolute Gasteiger partial charge is 0.364 e. The summed E-state index contributed by atoms with van der Waals surface area (Å²) in [4.78, 5) is 123. The first-order valence-corrected chi connectivity index (χ1v) is 30.8. The van der Waals surface area contributed by atoms with E-state index in [0.29, 0.717) is 34.4 Å². The van der Waals surface area contributed by atoms with E-state index < -0.39 is 146 Å². The second kappa shape index (κ2) is 35.3. The molecule has 3 aromatic carbocycles. The highest BCUT2D eigenvalue weighted by Gasteiger charge is 2.57. The fourth-order valence-corrected chi connectivity index (χ4v) is 11.0. The molecule has 2 unspecified atom stereocenters. The Morgan fingerprint density at radius 2 is 0.800 bits per heavy atom. The molecule has 16 N–H and O–H groups in total.